The van der Waals surface area contributed by atoms with Gasteiger partial charge in [0.25, 0.3) is 0 Å². The van der Waals surface area contributed by atoms with Gasteiger partial charge in [-0.15, -0.1) is 0 Å². The van der Waals surface area contributed by atoms with Crippen molar-refractivity contribution in [3.63, 3.8) is 0 Å². The summed E-state index contributed by atoms with van der Waals surface area (Å²) in [6, 6.07) is 0. The van der Waals surface area contributed by atoms with E-state index in [1.165, 1.54) is 14.0 Å². The van der Waals surface area contributed by atoms with Gasteiger partial charge in [0.1, 0.15) is 6.10 Å². The number of rotatable bonds is 4. The van der Waals surface area contributed by atoms with Gasteiger partial charge in [-0.05, 0) is 13.8 Å². The molecule has 0 amide bonds. The first-order valence-corrected chi connectivity index (χ1v) is 4.00. The molecule has 0 aromatic heterocycles. The van der Waals surface area contributed by atoms with Gasteiger partial charge in [-0.1, -0.05) is 11.6 Å². The topological polar surface area (TPSA) is 44.8 Å². The van der Waals surface area contributed by atoms with Crippen molar-refractivity contribution in [2.75, 3.05) is 13.7 Å². The van der Waals surface area contributed by atoms with Crippen molar-refractivity contribution in [1.82, 2.24) is 0 Å². The molecule has 72 valence electrons. The summed E-state index contributed by atoms with van der Waals surface area (Å²) in [5.74, 6) is 0. The predicted octanol–water partition coefficient (Wildman–Crippen LogP) is 1.76. The average molecular weight is 197 g/mol. The number of halogens is 1. The van der Waals surface area contributed by atoms with Gasteiger partial charge in [-0.3, -0.25) is 0 Å². The lowest BCUT2D eigenvalue weighted by Crippen LogP contribution is -2.21. The molecular weight excluding hydrogens is 184 g/mol. The van der Waals surface area contributed by atoms with Crippen molar-refractivity contribution in [2.45, 2.75) is 25.5 Å². The Morgan fingerprint density at radius 3 is 2.42 bits per heavy atom. The van der Waals surface area contributed by atoms with Gasteiger partial charge < -0.3 is 14.2 Å². The van der Waals surface area contributed by atoms with Crippen LogP contribution in [0.5, 0.6) is 0 Å². The Bertz CT molecular complexity index is 137. The third-order valence-corrected chi connectivity index (χ3v) is 1.05. The molecule has 5 heteroatoms. The zero-order valence-electron chi connectivity index (χ0n) is 7.37. The molecule has 0 spiro atoms. The van der Waals surface area contributed by atoms with E-state index in [4.69, 9.17) is 21.1 Å². The summed E-state index contributed by atoms with van der Waals surface area (Å²) >= 11 is 5.38. The van der Waals surface area contributed by atoms with E-state index in [1.54, 1.807) is 6.92 Å². The van der Waals surface area contributed by atoms with Crippen molar-refractivity contribution in [2.24, 2.45) is 0 Å². The Hall–Kier alpha value is -0.480. The third kappa shape index (κ3) is 6.24. The van der Waals surface area contributed by atoms with Crippen LogP contribution in [0.15, 0.2) is 0 Å². The Morgan fingerprint density at radius 1 is 1.42 bits per heavy atom. The van der Waals surface area contributed by atoms with Crippen LogP contribution in [0.2, 0.25) is 0 Å². The zero-order valence-corrected chi connectivity index (χ0v) is 8.13. The predicted molar refractivity (Wildman–Crippen MR) is 44.2 cm³/mol. The van der Waals surface area contributed by atoms with E-state index in [-0.39, 0.29) is 6.10 Å². The molecule has 0 aliphatic carbocycles. The lowest BCUT2D eigenvalue weighted by molar-refractivity contribution is -0.00207. The smallest absolute Gasteiger partial charge is 0.429 e. The molecule has 0 aliphatic rings. The molecule has 0 saturated carbocycles. The van der Waals surface area contributed by atoms with E-state index in [1.807, 2.05) is 0 Å². The largest absolute Gasteiger partial charge is 0.510 e. The summed E-state index contributed by atoms with van der Waals surface area (Å²) < 4.78 is 14.0. The minimum atomic E-state index is -0.776. The fraction of sp³-hybridized carbons (Fsp3) is 0.857. The van der Waals surface area contributed by atoms with E-state index in [2.05, 4.69) is 4.74 Å². The molecule has 0 rings (SSSR count). The van der Waals surface area contributed by atoms with E-state index < -0.39 is 11.7 Å². The van der Waals surface area contributed by atoms with Gasteiger partial charge in [0.05, 0.1) is 6.61 Å². The van der Waals surface area contributed by atoms with Gasteiger partial charge in [0.2, 0.25) is 0 Å². The quantitative estimate of drug-likeness (QED) is 0.508. The molecule has 0 heterocycles. The highest BCUT2D eigenvalue weighted by molar-refractivity contribution is 6.19. The summed E-state index contributed by atoms with van der Waals surface area (Å²) in [4.78, 5) is 10.8. The lowest BCUT2D eigenvalue weighted by atomic mass is 10.4. The van der Waals surface area contributed by atoms with Crippen LogP contribution in [0.25, 0.3) is 0 Å². The Kier molecular flexibility index (Phi) is 5.84. The van der Waals surface area contributed by atoms with Crippen LogP contribution in [0.4, 0.5) is 4.79 Å². The molecule has 0 fully saturated rings. The van der Waals surface area contributed by atoms with Crippen molar-refractivity contribution in [3.05, 3.63) is 0 Å². The van der Waals surface area contributed by atoms with Crippen LogP contribution in [0.1, 0.15) is 13.8 Å². The van der Waals surface area contributed by atoms with Gasteiger partial charge in [0.15, 0.2) is 5.56 Å². The molecular formula is C7H13ClO4. The van der Waals surface area contributed by atoms with Gasteiger partial charge in [-0.2, -0.15) is 0 Å². The summed E-state index contributed by atoms with van der Waals surface area (Å²) in [6.45, 7) is 3.57. The maximum atomic E-state index is 10.8. The second kappa shape index (κ2) is 6.08. The van der Waals surface area contributed by atoms with Crippen LogP contribution in [-0.2, 0) is 14.2 Å². The third-order valence-electron chi connectivity index (χ3n) is 0.957. The van der Waals surface area contributed by atoms with E-state index in [0.29, 0.717) is 6.61 Å². The van der Waals surface area contributed by atoms with Crippen LogP contribution in [-0.4, -0.2) is 31.5 Å². The molecule has 0 saturated heterocycles. The molecule has 12 heavy (non-hydrogen) atoms. The maximum Gasteiger partial charge on any atom is 0.510 e. The standard InChI is InChI=1S/C7H13ClO4/c1-5(4-10-3)11-7(9)12-6(2)8/h5-6H,4H2,1-3H3. The second-order valence-corrected chi connectivity index (χ2v) is 2.91. The number of carbonyl (C=O) groups excluding carboxylic acids is 1. The highest BCUT2D eigenvalue weighted by atomic mass is 35.5. The molecule has 0 aromatic carbocycles. The second-order valence-electron chi connectivity index (χ2n) is 2.29. The summed E-state index contributed by atoms with van der Waals surface area (Å²) in [7, 11) is 1.52. The first-order valence-electron chi connectivity index (χ1n) is 3.56. The Balaban J connectivity index is 3.54. The number of methoxy groups -OCH3 is 1. The molecule has 0 N–H and O–H groups in total. The molecule has 0 aliphatic heterocycles. The van der Waals surface area contributed by atoms with Gasteiger partial charge in [0, 0.05) is 7.11 Å². The molecule has 0 aromatic rings. The molecule has 0 radical (unpaired) electrons. The van der Waals surface area contributed by atoms with Gasteiger partial charge in [-0.25, -0.2) is 4.79 Å². The molecule has 4 nitrogen and oxygen atoms in total. The minimum Gasteiger partial charge on any atom is -0.429 e. The average Bonchev–Trinajstić information content (AvgIpc) is 1.84. The molecule has 0 bridgehead atoms. The number of alkyl halides is 1. The highest BCUT2D eigenvalue weighted by Gasteiger charge is 2.12. The van der Waals surface area contributed by atoms with Crippen molar-refractivity contribution in [3.8, 4) is 0 Å². The molecule has 2 atom stereocenters. The van der Waals surface area contributed by atoms with E-state index >= 15 is 0 Å². The van der Waals surface area contributed by atoms with Gasteiger partial charge >= 0.3 is 6.16 Å². The lowest BCUT2D eigenvalue weighted by Gasteiger charge is -2.12. The maximum absolute atomic E-state index is 10.8. The number of ether oxygens (including phenoxy) is 3. The zero-order chi connectivity index (χ0) is 9.56. The van der Waals surface area contributed by atoms with E-state index in [0.717, 1.165) is 0 Å². The first-order chi connectivity index (χ1) is 5.56. The van der Waals surface area contributed by atoms with E-state index in [9.17, 15) is 4.79 Å². The Labute approximate surface area is 76.7 Å². The number of hydrogen-bond donors (Lipinski definition) is 0. The Morgan fingerprint density at radius 2 is 2.00 bits per heavy atom. The van der Waals surface area contributed by atoms with Crippen molar-refractivity contribution < 1.29 is 19.0 Å². The minimum absolute atomic E-state index is 0.321. The normalized spacial score (nSPS) is 15.0. The van der Waals surface area contributed by atoms with Crippen LogP contribution in [0, 0.1) is 0 Å². The fourth-order valence-electron chi connectivity index (χ4n) is 0.593. The van der Waals surface area contributed by atoms with Crippen LogP contribution < -0.4 is 0 Å². The van der Waals surface area contributed by atoms with Crippen LogP contribution in [0.3, 0.4) is 0 Å². The summed E-state index contributed by atoms with van der Waals surface area (Å²) in [6.07, 6.45) is -1.10. The number of hydrogen-bond acceptors (Lipinski definition) is 4. The molecule has 2 unspecified atom stereocenters. The SMILES string of the molecule is COCC(C)OC(=O)OC(C)Cl. The van der Waals surface area contributed by atoms with Crippen molar-refractivity contribution >= 4 is 17.8 Å². The van der Waals surface area contributed by atoms with Crippen molar-refractivity contribution in [1.29, 1.82) is 0 Å². The number of carbonyl (C=O) groups is 1. The first kappa shape index (κ1) is 11.5. The highest BCUT2D eigenvalue weighted by Crippen LogP contribution is 2.01. The summed E-state index contributed by atoms with van der Waals surface area (Å²) in [5.41, 5.74) is -0.674. The summed E-state index contributed by atoms with van der Waals surface area (Å²) in [5, 5.41) is 0. The monoisotopic (exact) mass is 196 g/mol. The van der Waals surface area contributed by atoms with Crippen LogP contribution >= 0.6 is 11.6 Å². The fourth-order valence-corrected chi connectivity index (χ4v) is 0.666.